The van der Waals surface area contributed by atoms with E-state index in [1.165, 1.54) is 16.7 Å². The zero-order chi connectivity index (χ0) is 21.5. The van der Waals surface area contributed by atoms with Crippen molar-refractivity contribution in [3.8, 4) is 5.75 Å². The number of carbonyl (C=O) groups is 2. The van der Waals surface area contributed by atoms with Crippen LogP contribution in [0.4, 0.5) is 0 Å². The predicted molar refractivity (Wildman–Crippen MR) is 122 cm³/mol. The molecule has 1 heterocycles. The highest BCUT2D eigenvalue weighted by Gasteiger charge is 2.39. The molecule has 2 aromatic carbocycles. The highest BCUT2D eigenvalue weighted by atomic mass is 32.2. The van der Waals surface area contributed by atoms with Crippen LogP contribution in [0.5, 0.6) is 5.75 Å². The summed E-state index contributed by atoms with van der Waals surface area (Å²) < 4.78 is 5.72. The number of hydrogen-bond donors (Lipinski definition) is 0. The van der Waals surface area contributed by atoms with Gasteiger partial charge in [0.1, 0.15) is 5.75 Å². The molecule has 2 amide bonds. The number of carbonyl (C=O) groups excluding carboxylic acids is 2. The van der Waals surface area contributed by atoms with Crippen molar-refractivity contribution in [3.63, 3.8) is 0 Å². The molecule has 0 unspecified atom stereocenters. The Hall–Kier alpha value is -2.53. The molecule has 0 radical (unpaired) electrons. The van der Waals surface area contributed by atoms with Crippen LogP contribution in [0.15, 0.2) is 64.4 Å². The van der Waals surface area contributed by atoms with E-state index in [1.54, 1.807) is 0 Å². The molecular formula is C25H29NO3S. The van der Waals surface area contributed by atoms with Crippen LogP contribution < -0.4 is 4.74 Å². The molecule has 0 spiro atoms. The van der Waals surface area contributed by atoms with E-state index in [0.29, 0.717) is 17.0 Å². The molecule has 30 heavy (non-hydrogen) atoms. The first-order valence-electron chi connectivity index (χ1n) is 10.6. The largest absolute Gasteiger partial charge is 0.491 e. The second kappa shape index (κ2) is 10.5. The molecule has 4 nitrogen and oxygen atoms in total. The molecule has 5 heteroatoms. The summed E-state index contributed by atoms with van der Waals surface area (Å²) in [4.78, 5) is 29.3. The molecule has 2 aromatic rings. The minimum absolute atomic E-state index is 0.0764. The zero-order valence-corrected chi connectivity index (χ0v) is 18.7. The van der Waals surface area contributed by atoms with Crippen molar-refractivity contribution in [2.75, 3.05) is 6.54 Å². The van der Waals surface area contributed by atoms with Crippen LogP contribution in [0.2, 0.25) is 0 Å². The Morgan fingerprint density at radius 3 is 2.23 bits per heavy atom. The summed E-state index contributed by atoms with van der Waals surface area (Å²) in [5.41, 5.74) is 1.24. The number of benzene rings is 2. The zero-order valence-electron chi connectivity index (χ0n) is 17.9. The van der Waals surface area contributed by atoms with Crippen LogP contribution in [0.1, 0.15) is 52.0 Å². The third-order valence-corrected chi connectivity index (χ3v) is 5.93. The van der Waals surface area contributed by atoms with Crippen molar-refractivity contribution in [3.05, 3.63) is 65.1 Å². The summed E-state index contributed by atoms with van der Waals surface area (Å²) in [6.07, 6.45) is 4.16. The summed E-state index contributed by atoms with van der Waals surface area (Å²) in [6.45, 7) is 6.56. The first kappa shape index (κ1) is 22.2. The molecule has 158 valence electrons. The fourth-order valence-corrected chi connectivity index (χ4v) is 4.42. The van der Waals surface area contributed by atoms with E-state index in [9.17, 15) is 9.59 Å². The molecule has 0 saturated carbocycles. The number of rotatable bonds is 10. The monoisotopic (exact) mass is 423 g/mol. The lowest BCUT2D eigenvalue weighted by Crippen LogP contribution is -2.32. The van der Waals surface area contributed by atoms with Crippen LogP contribution in [-0.4, -0.2) is 29.4 Å². The van der Waals surface area contributed by atoms with E-state index in [2.05, 4.69) is 6.92 Å². The van der Waals surface area contributed by atoms with Gasteiger partial charge in [0.2, 0.25) is 0 Å². The molecule has 0 N–H and O–H groups in total. The third-order valence-electron chi connectivity index (χ3n) is 4.84. The quantitative estimate of drug-likeness (QED) is 0.351. The van der Waals surface area contributed by atoms with Gasteiger partial charge in [-0.05, 0) is 50.1 Å². The van der Waals surface area contributed by atoms with Crippen LogP contribution in [0, 0.1) is 0 Å². The number of amides is 2. The van der Waals surface area contributed by atoms with E-state index in [0.717, 1.165) is 41.9 Å². The van der Waals surface area contributed by atoms with Crippen molar-refractivity contribution in [2.45, 2.75) is 57.5 Å². The van der Waals surface area contributed by atoms with Crippen molar-refractivity contribution in [1.29, 1.82) is 0 Å². The van der Waals surface area contributed by atoms with E-state index < -0.39 is 0 Å². The Kier molecular flexibility index (Phi) is 7.75. The van der Waals surface area contributed by atoms with Crippen molar-refractivity contribution < 1.29 is 14.3 Å². The standard InChI is InChI=1S/C25H29NO3S/c1-4-5-6-10-17-26-24(27)22(19-13-15-20(16-14-19)29-18(2)3)23(25(26)28)30-21-11-8-7-9-12-21/h7-9,11-16,18H,4-6,10,17H2,1-3H3. The molecule has 3 rings (SSSR count). The van der Waals surface area contributed by atoms with E-state index in [4.69, 9.17) is 4.74 Å². The van der Waals surface area contributed by atoms with Gasteiger partial charge in [-0.1, -0.05) is 68.3 Å². The summed E-state index contributed by atoms with van der Waals surface area (Å²) >= 11 is 1.36. The number of ether oxygens (including phenoxy) is 1. The fraction of sp³-hybridized carbons (Fsp3) is 0.360. The first-order valence-corrected chi connectivity index (χ1v) is 11.4. The third kappa shape index (κ3) is 5.33. The SMILES string of the molecule is CCCCCCN1C(=O)C(Sc2ccccc2)=C(c2ccc(OC(C)C)cc2)C1=O. The maximum atomic E-state index is 13.2. The smallest absolute Gasteiger partial charge is 0.268 e. The lowest BCUT2D eigenvalue weighted by molar-refractivity contribution is -0.136. The minimum Gasteiger partial charge on any atom is -0.491 e. The fourth-order valence-electron chi connectivity index (χ4n) is 3.38. The summed E-state index contributed by atoms with van der Waals surface area (Å²) in [7, 11) is 0. The normalized spacial score (nSPS) is 14.2. The average Bonchev–Trinajstić information content (AvgIpc) is 2.96. The first-order chi connectivity index (χ1) is 14.5. The number of nitrogens with zero attached hydrogens (tertiary/aromatic N) is 1. The summed E-state index contributed by atoms with van der Waals surface area (Å²) in [6, 6.07) is 17.2. The molecule has 1 aliphatic rings. The Balaban J connectivity index is 1.90. The van der Waals surface area contributed by atoms with Gasteiger partial charge in [0.25, 0.3) is 11.8 Å². The highest BCUT2D eigenvalue weighted by molar-refractivity contribution is 8.04. The topological polar surface area (TPSA) is 46.6 Å². The van der Waals surface area contributed by atoms with Gasteiger partial charge in [-0.15, -0.1) is 0 Å². The second-order valence-corrected chi connectivity index (χ2v) is 8.72. The van der Waals surface area contributed by atoms with Gasteiger partial charge in [-0.25, -0.2) is 0 Å². The van der Waals surface area contributed by atoms with Crippen molar-refractivity contribution in [1.82, 2.24) is 4.90 Å². The van der Waals surface area contributed by atoms with Gasteiger partial charge in [-0.2, -0.15) is 0 Å². The lowest BCUT2D eigenvalue weighted by Gasteiger charge is -2.15. The Morgan fingerprint density at radius 1 is 0.900 bits per heavy atom. The maximum absolute atomic E-state index is 13.2. The minimum atomic E-state index is -0.201. The predicted octanol–water partition coefficient (Wildman–Crippen LogP) is 5.93. The Bertz CT molecular complexity index is 904. The molecule has 0 atom stereocenters. The van der Waals surface area contributed by atoms with Crippen LogP contribution in [0.25, 0.3) is 5.57 Å². The van der Waals surface area contributed by atoms with Crippen LogP contribution >= 0.6 is 11.8 Å². The van der Waals surface area contributed by atoms with Gasteiger partial charge >= 0.3 is 0 Å². The average molecular weight is 424 g/mol. The number of unbranched alkanes of at least 4 members (excludes halogenated alkanes) is 3. The second-order valence-electron chi connectivity index (χ2n) is 7.63. The van der Waals surface area contributed by atoms with Crippen LogP contribution in [0.3, 0.4) is 0 Å². The molecule has 1 aliphatic heterocycles. The molecular weight excluding hydrogens is 394 g/mol. The summed E-state index contributed by atoms with van der Waals surface area (Å²) in [5, 5.41) is 0. The Morgan fingerprint density at radius 2 is 1.60 bits per heavy atom. The molecule has 0 bridgehead atoms. The Labute approximate surface area is 183 Å². The summed E-state index contributed by atoms with van der Waals surface area (Å²) in [5.74, 6) is 0.357. The van der Waals surface area contributed by atoms with Gasteiger partial charge in [-0.3, -0.25) is 14.5 Å². The number of imide groups is 1. The van der Waals surface area contributed by atoms with Gasteiger partial charge in [0, 0.05) is 11.4 Å². The van der Waals surface area contributed by atoms with Crippen molar-refractivity contribution in [2.24, 2.45) is 0 Å². The maximum Gasteiger partial charge on any atom is 0.268 e. The molecule has 0 aliphatic carbocycles. The number of hydrogen-bond acceptors (Lipinski definition) is 4. The highest BCUT2D eigenvalue weighted by Crippen LogP contribution is 2.40. The van der Waals surface area contributed by atoms with Gasteiger partial charge in [0.05, 0.1) is 16.6 Å². The van der Waals surface area contributed by atoms with Crippen LogP contribution in [-0.2, 0) is 9.59 Å². The van der Waals surface area contributed by atoms with E-state index in [-0.39, 0.29) is 17.9 Å². The van der Waals surface area contributed by atoms with E-state index >= 15 is 0 Å². The van der Waals surface area contributed by atoms with E-state index in [1.807, 2.05) is 68.4 Å². The number of thioether (sulfide) groups is 1. The van der Waals surface area contributed by atoms with Crippen molar-refractivity contribution >= 4 is 29.1 Å². The van der Waals surface area contributed by atoms with Gasteiger partial charge < -0.3 is 4.74 Å². The van der Waals surface area contributed by atoms with Gasteiger partial charge in [0.15, 0.2) is 0 Å². The molecule has 0 fully saturated rings. The molecule has 0 aromatic heterocycles. The molecule has 0 saturated heterocycles. The lowest BCUT2D eigenvalue weighted by atomic mass is 10.1.